The van der Waals surface area contributed by atoms with E-state index in [2.05, 4.69) is 10.6 Å². The molecule has 0 radical (unpaired) electrons. The van der Waals surface area contributed by atoms with E-state index >= 15 is 0 Å². The van der Waals surface area contributed by atoms with Crippen LogP contribution < -0.4 is 10.6 Å². The zero-order valence-corrected chi connectivity index (χ0v) is 15.7. The van der Waals surface area contributed by atoms with Crippen molar-refractivity contribution in [2.45, 2.75) is 31.0 Å². The van der Waals surface area contributed by atoms with Gasteiger partial charge in [-0.25, -0.2) is 16.8 Å². The van der Waals surface area contributed by atoms with Gasteiger partial charge in [0.1, 0.15) is 0 Å². The van der Waals surface area contributed by atoms with E-state index in [-0.39, 0.29) is 41.1 Å². The summed E-state index contributed by atoms with van der Waals surface area (Å²) in [5.74, 6) is 0.567. The summed E-state index contributed by atoms with van der Waals surface area (Å²) < 4.78 is 46.3. The molecule has 3 aliphatic rings. The lowest BCUT2D eigenvalue weighted by Crippen LogP contribution is -2.41. The Bertz CT molecular complexity index is 733. The maximum absolute atomic E-state index is 11.7. The fourth-order valence-electron chi connectivity index (χ4n) is 3.36. The molecule has 3 unspecified atom stereocenters. The molecule has 3 saturated heterocycles. The Morgan fingerprint density at radius 1 is 1.22 bits per heavy atom. The third kappa shape index (κ3) is 3.94. The van der Waals surface area contributed by atoms with Crippen LogP contribution in [0.5, 0.6) is 0 Å². The second-order valence-electron chi connectivity index (χ2n) is 6.31. The smallest absolute Gasteiger partial charge is 0.169 e. The van der Waals surface area contributed by atoms with Gasteiger partial charge in [-0.2, -0.15) is 0 Å². The second-order valence-corrected chi connectivity index (χ2v) is 11.6. The van der Waals surface area contributed by atoms with Crippen LogP contribution in [0.1, 0.15) is 12.8 Å². The molecule has 3 atom stereocenters. The molecule has 2 N–H and O–H groups in total. The zero-order chi connectivity index (χ0) is 16.8. The van der Waals surface area contributed by atoms with E-state index in [4.69, 9.17) is 24.4 Å². The minimum Gasteiger partial charge on any atom is -0.376 e. The molecule has 3 rings (SSSR count). The molecule has 11 heteroatoms. The lowest BCUT2D eigenvalue weighted by atomic mass is 10.2. The first kappa shape index (κ1) is 17.3. The van der Waals surface area contributed by atoms with Crippen LogP contribution in [0.3, 0.4) is 0 Å². The van der Waals surface area contributed by atoms with Crippen molar-refractivity contribution < 1.29 is 16.8 Å². The van der Waals surface area contributed by atoms with E-state index in [0.29, 0.717) is 29.5 Å². The molecule has 0 bridgehead atoms. The highest BCUT2D eigenvalue weighted by atomic mass is 32.2. The van der Waals surface area contributed by atoms with E-state index in [0.717, 1.165) is 0 Å². The van der Waals surface area contributed by atoms with Gasteiger partial charge in [0.2, 0.25) is 0 Å². The monoisotopic (exact) mass is 397 g/mol. The molecule has 23 heavy (non-hydrogen) atoms. The first-order valence-corrected chi connectivity index (χ1v) is 11.9. The predicted octanol–water partition coefficient (Wildman–Crippen LogP) is -1.16. The Hall–Kier alpha value is -0.520. The van der Waals surface area contributed by atoms with E-state index < -0.39 is 19.7 Å². The van der Waals surface area contributed by atoms with E-state index in [1.165, 1.54) is 0 Å². The van der Waals surface area contributed by atoms with Crippen molar-refractivity contribution in [2.75, 3.05) is 29.6 Å². The highest BCUT2D eigenvalue weighted by molar-refractivity contribution is 7.92. The summed E-state index contributed by atoms with van der Waals surface area (Å²) >= 11 is 10.6. The summed E-state index contributed by atoms with van der Waals surface area (Å²) in [7, 11) is -5.95. The highest BCUT2D eigenvalue weighted by Crippen LogP contribution is 2.24. The van der Waals surface area contributed by atoms with E-state index in [1.807, 2.05) is 4.90 Å². The Balaban J connectivity index is 1.52. The highest BCUT2D eigenvalue weighted by Gasteiger charge is 2.46. The fourth-order valence-corrected chi connectivity index (χ4v) is 7.59. The van der Waals surface area contributed by atoms with Crippen LogP contribution in [0.15, 0.2) is 0 Å². The predicted molar refractivity (Wildman–Crippen MR) is 96.1 cm³/mol. The van der Waals surface area contributed by atoms with Crippen molar-refractivity contribution in [3.05, 3.63) is 0 Å². The molecule has 0 aromatic rings. The molecule has 0 amide bonds. The fraction of sp³-hybridized carbons (Fsp3) is 0.833. The SMILES string of the molecule is O=S1(=O)CCC(NC(=S)CCN2C(=S)NC3CS(=O)(=O)CC32)C1. The average Bonchev–Trinajstić information content (AvgIpc) is 2.97. The summed E-state index contributed by atoms with van der Waals surface area (Å²) in [6, 6.07) is -0.369. The molecule has 3 fully saturated rings. The van der Waals surface area contributed by atoms with Crippen molar-refractivity contribution in [3.8, 4) is 0 Å². The Labute approximate surface area is 147 Å². The van der Waals surface area contributed by atoms with Gasteiger partial charge >= 0.3 is 0 Å². The van der Waals surface area contributed by atoms with Crippen LogP contribution in [0, 0.1) is 0 Å². The maximum Gasteiger partial charge on any atom is 0.169 e. The number of nitrogens with zero attached hydrogens (tertiary/aromatic N) is 1. The van der Waals surface area contributed by atoms with Crippen LogP contribution in [0.4, 0.5) is 0 Å². The standard InChI is InChI=1S/C12H19N3O4S4/c16-22(17)4-2-8(5-22)13-11(20)1-3-15-10-7-23(18,19)6-9(10)14-12(15)21/h8-10H,1-7H2,(H,13,20)(H,14,21). The Morgan fingerprint density at radius 3 is 2.61 bits per heavy atom. The van der Waals surface area contributed by atoms with Crippen molar-refractivity contribution in [1.29, 1.82) is 0 Å². The summed E-state index contributed by atoms with van der Waals surface area (Å²) in [5.41, 5.74) is 0. The summed E-state index contributed by atoms with van der Waals surface area (Å²) in [6.45, 7) is 0.536. The first-order valence-electron chi connectivity index (χ1n) is 7.42. The van der Waals surface area contributed by atoms with Crippen molar-refractivity contribution >= 4 is 54.2 Å². The number of nitrogens with one attached hydrogen (secondary N) is 2. The quantitative estimate of drug-likeness (QED) is 0.569. The van der Waals surface area contributed by atoms with Crippen LogP contribution >= 0.6 is 24.4 Å². The van der Waals surface area contributed by atoms with Crippen LogP contribution in [-0.2, 0) is 19.7 Å². The maximum atomic E-state index is 11.7. The normalized spacial score (nSPS) is 34.2. The van der Waals surface area contributed by atoms with Gasteiger partial charge in [-0.3, -0.25) is 0 Å². The van der Waals surface area contributed by atoms with Crippen molar-refractivity contribution in [3.63, 3.8) is 0 Å². The third-order valence-electron chi connectivity index (χ3n) is 4.47. The average molecular weight is 398 g/mol. The minimum absolute atomic E-state index is 0.115. The lowest BCUT2D eigenvalue weighted by molar-refractivity contribution is 0.363. The van der Waals surface area contributed by atoms with E-state index in [1.54, 1.807) is 0 Å². The molecule has 0 aromatic heterocycles. The molecule has 130 valence electrons. The summed E-state index contributed by atoms with van der Waals surface area (Å²) in [4.78, 5) is 2.49. The lowest BCUT2D eigenvalue weighted by Gasteiger charge is -2.24. The van der Waals surface area contributed by atoms with Gasteiger partial charge in [-0.15, -0.1) is 0 Å². The third-order valence-corrected chi connectivity index (χ3v) is 8.63. The van der Waals surface area contributed by atoms with Gasteiger partial charge in [-0.05, 0) is 18.6 Å². The van der Waals surface area contributed by atoms with Crippen molar-refractivity contribution in [1.82, 2.24) is 15.5 Å². The van der Waals surface area contributed by atoms with Crippen LogP contribution in [0.25, 0.3) is 0 Å². The molecular weight excluding hydrogens is 378 g/mol. The molecule has 0 aliphatic carbocycles. The summed E-state index contributed by atoms with van der Waals surface area (Å²) in [6.07, 6.45) is 1.10. The Morgan fingerprint density at radius 2 is 1.96 bits per heavy atom. The second kappa shape index (κ2) is 6.08. The number of hydrogen-bond donors (Lipinski definition) is 2. The van der Waals surface area contributed by atoms with Crippen LogP contribution in [-0.4, -0.2) is 79.5 Å². The largest absolute Gasteiger partial charge is 0.376 e. The Kier molecular flexibility index (Phi) is 4.58. The minimum atomic E-state index is -3.01. The number of rotatable bonds is 4. The number of hydrogen-bond acceptors (Lipinski definition) is 6. The topological polar surface area (TPSA) is 95.6 Å². The molecule has 7 nitrogen and oxygen atoms in total. The van der Waals surface area contributed by atoms with Gasteiger partial charge in [0.15, 0.2) is 24.8 Å². The molecule has 3 heterocycles. The first-order chi connectivity index (χ1) is 10.7. The molecule has 3 aliphatic heterocycles. The molecule has 0 spiro atoms. The van der Waals surface area contributed by atoms with Gasteiger partial charge in [0.05, 0.1) is 40.1 Å². The van der Waals surface area contributed by atoms with E-state index in [9.17, 15) is 16.8 Å². The van der Waals surface area contributed by atoms with Gasteiger partial charge in [0, 0.05) is 19.0 Å². The number of fused-ring (bicyclic) bond motifs is 1. The number of sulfone groups is 2. The van der Waals surface area contributed by atoms with Crippen LogP contribution in [0.2, 0.25) is 0 Å². The number of thiocarbonyl (C=S) groups is 2. The molecule has 0 aromatic carbocycles. The summed E-state index contributed by atoms with van der Waals surface area (Å²) in [5, 5.41) is 6.73. The van der Waals surface area contributed by atoms with Crippen molar-refractivity contribution in [2.24, 2.45) is 0 Å². The van der Waals surface area contributed by atoms with Gasteiger partial charge in [-0.1, -0.05) is 12.2 Å². The molecular formula is C12H19N3O4S4. The van der Waals surface area contributed by atoms with Gasteiger partial charge in [0.25, 0.3) is 0 Å². The zero-order valence-electron chi connectivity index (χ0n) is 12.4. The molecule has 0 saturated carbocycles. The van der Waals surface area contributed by atoms with Gasteiger partial charge < -0.3 is 15.5 Å².